The molecule has 7 heteroatoms. The molecule has 0 aliphatic heterocycles. The van der Waals surface area contributed by atoms with E-state index in [1.54, 1.807) is 23.3 Å². The molecule has 3 heterocycles. The third kappa shape index (κ3) is 3.97. The van der Waals surface area contributed by atoms with Crippen molar-refractivity contribution in [1.29, 1.82) is 0 Å². The van der Waals surface area contributed by atoms with Crippen LogP contribution in [0.5, 0.6) is 0 Å². The highest BCUT2D eigenvalue weighted by molar-refractivity contribution is 7.21. The third-order valence-electron chi connectivity index (χ3n) is 4.78. The van der Waals surface area contributed by atoms with Crippen LogP contribution in [0.15, 0.2) is 56.3 Å². The minimum atomic E-state index is -0.419. The Morgan fingerprint density at radius 2 is 1.93 bits per heavy atom. The first-order valence-corrected chi connectivity index (χ1v) is 10.2. The van der Waals surface area contributed by atoms with Gasteiger partial charge in [0, 0.05) is 18.5 Å². The van der Waals surface area contributed by atoms with Crippen LogP contribution in [0.3, 0.4) is 0 Å². The molecule has 3 aromatic heterocycles. The van der Waals surface area contributed by atoms with Crippen LogP contribution in [0.1, 0.15) is 21.0 Å². The highest BCUT2D eigenvalue weighted by atomic mass is 32.1. The second-order valence-corrected chi connectivity index (χ2v) is 8.40. The molecule has 0 N–H and O–H groups in total. The number of thiophene rings is 1. The van der Waals surface area contributed by atoms with Crippen molar-refractivity contribution in [3.63, 3.8) is 0 Å². The zero-order chi connectivity index (χ0) is 20.5. The van der Waals surface area contributed by atoms with Crippen molar-refractivity contribution in [2.75, 3.05) is 27.2 Å². The van der Waals surface area contributed by atoms with Gasteiger partial charge in [-0.3, -0.25) is 4.79 Å². The van der Waals surface area contributed by atoms with Gasteiger partial charge in [-0.2, -0.15) is 0 Å². The lowest BCUT2D eigenvalue weighted by Crippen LogP contribution is -2.35. The summed E-state index contributed by atoms with van der Waals surface area (Å²) >= 11 is 1.34. The van der Waals surface area contributed by atoms with Crippen LogP contribution in [0.2, 0.25) is 0 Å². The summed E-state index contributed by atoms with van der Waals surface area (Å²) in [6, 6.07) is 11.0. The standard InChI is InChI=1S/C22H22N2O4S/c1-14-6-7-18-16(11-14)20-17(22(26)28-18)12-19(29-20)21(25)24(9-8-23(2)3)13-15-5-4-10-27-15/h4-7,10-12H,8-9,13H2,1-3H3. The zero-order valence-electron chi connectivity index (χ0n) is 16.6. The van der Waals surface area contributed by atoms with E-state index in [-0.39, 0.29) is 5.91 Å². The maximum absolute atomic E-state index is 13.3. The van der Waals surface area contributed by atoms with E-state index in [9.17, 15) is 9.59 Å². The molecule has 0 atom stereocenters. The predicted molar refractivity (Wildman–Crippen MR) is 115 cm³/mol. The second-order valence-electron chi connectivity index (χ2n) is 7.35. The molecule has 0 radical (unpaired) electrons. The number of carbonyl (C=O) groups is 1. The van der Waals surface area contributed by atoms with Crippen molar-refractivity contribution in [1.82, 2.24) is 9.80 Å². The average molecular weight is 410 g/mol. The van der Waals surface area contributed by atoms with E-state index in [4.69, 9.17) is 8.83 Å². The van der Waals surface area contributed by atoms with E-state index < -0.39 is 5.63 Å². The number of rotatable bonds is 6. The summed E-state index contributed by atoms with van der Waals surface area (Å²) in [5.41, 5.74) is 1.19. The van der Waals surface area contributed by atoms with Gasteiger partial charge in [-0.25, -0.2) is 4.79 Å². The van der Waals surface area contributed by atoms with E-state index in [0.29, 0.717) is 28.9 Å². The van der Waals surface area contributed by atoms with Crippen molar-refractivity contribution in [2.45, 2.75) is 13.5 Å². The molecule has 0 saturated heterocycles. The van der Waals surface area contributed by atoms with Gasteiger partial charge in [0.05, 0.1) is 27.8 Å². The molecule has 0 unspecified atom stereocenters. The molecule has 1 amide bonds. The van der Waals surface area contributed by atoms with Gasteiger partial charge in [0.15, 0.2) is 0 Å². The Labute approximate surface area is 171 Å². The minimum Gasteiger partial charge on any atom is -0.467 e. The maximum atomic E-state index is 13.3. The van der Waals surface area contributed by atoms with Gasteiger partial charge in [0.25, 0.3) is 5.91 Å². The summed E-state index contributed by atoms with van der Waals surface area (Å²) in [5, 5.41) is 1.30. The highest BCUT2D eigenvalue weighted by Crippen LogP contribution is 2.32. The number of nitrogens with zero attached hydrogens (tertiary/aromatic N) is 2. The molecule has 150 valence electrons. The third-order valence-corrected chi connectivity index (χ3v) is 5.93. The fraction of sp³-hybridized carbons (Fsp3) is 0.273. The van der Waals surface area contributed by atoms with E-state index in [1.165, 1.54) is 11.3 Å². The highest BCUT2D eigenvalue weighted by Gasteiger charge is 2.22. The number of aryl methyl sites for hydroxylation is 1. The van der Waals surface area contributed by atoms with Crippen LogP contribution in [-0.4, -0.2) is 42.9 Å². The van der Waals surface area contributed by atoms with Gasteiger partial charge in [-0.05, 0) is 51.4 Å². The van der Waals surface area contributed by atoms with Gasteiger partial charge < -0.3 is 18.6 Å². The maximum Gasteiger partial charge on any atom is 0.345 e. The number of hydrogen-bond acceptors (Lipinski definition) is 6. The van der Waals surface area contributed by atoms with Gasteiger partial charge in [0.2, 0.25) is 0 Å². The molecule has 1 aromatic carbocycles. The topological polar surface area (TPSA) is 66.9 Å². The monoisotopic (exact) mass is 410 g/mol. The Morgan fingerprint density at radius 3 is 2.66 bits per heavy atom. The molecule has 0 saturated carbocycles. The van der Waals surface area contributed by atoms with Gasteiger partial charge in [-0.15, -0.1) is 11.3 Å². The summed E-state index contributed by atoms with van der Waals surface area (Å²) in [5.74, 6) is 0.600. The fourth-order valence-corrected chi connectivity index (χ4v) is 4.37. The average Bonchev–Trinajstić information content (AvgIpc) is 3.35. The van der Waals surface area contributed by atoms with E-state index in [0.717, 1.165) is 28.0 Å². The van der Waals surface area contributed by atoms with Crippen molar-refractivity contribution >= 4 is 38.3 Å². The molecule has 4 rings (SSSR count). The molecular weight excluding hydrogens is 388 g/mol. The Kier molecular flexibility index (Phi) is 5.25. The molecule has 0 bridgehead atoms. The van der Waals surface area contributed by atoms with Crippen LogP contribution in [-0.2, 0) is 6.54 Å². The number of benzene rings is 1. The number of likely N-dealkylation sites (N-methyl/N-ethyl adjacent to an activating group) is 1. The fourth-order valence-electron chi connectivity index (χ4n) is 3.23. The summed E-state index contributed by atoms with van der Waals surface area (Å²) < 4.78 is 11.7. The Bertz CT molecular complexity index is 1220. The number of furan rings is 1. The normalized spacial score (nSPS) is 11.6. The first-order valence-electron chi connectivity index (χ1n) is 9.36. The molecule has 0 aliphatic rings. The largest absolute Gasteiger partial charge is 0.467 e. The summed E-state index contributed by atoms with van der Waals surface area (Å²) in [6.07, 6.45) is 1.60. The number of carbonyl (C=O) groups excluding carboxylic acids is 1. The minimum absolute atomic E-state index is 0.121. The van der Waals surface area contributed by atoms with Crippen LogP contribution in [0, 0.1) is 6.92 Å². The Morgan fingerprint density at radius 1 is 1.10 bits per heavy atom. The van der Waals surface area contributed by atoms with Crippen LogP contribution in [0.4, 0.5) is 0 Å². The Hall–Kier alpha value is -2.90. The van der Waals surface area contributed by atoms with Crippen LogP contribution in [0.25, 0.3) is 21.1 Å². The molecule has 29 heavy (non-hydrogen) atoms. The second kappa shape index (κ2) is 7.85. The zero-order valence-corrected chi connectivity index (χ0v) is 17.4. The van der Waals surface area contributed by atoms with Gasteiger partial charge >= 0.3 is 5.63 Å². The smallest absolute Gasteiger partial charge is 0.345 e. The van der Waals surface area contributed by atoms with Crippen molar-refractivity contribution in [2.24, 2.45) is 0 Å². The molecular formula is C22H22N2O4S. The molecule has 0 spiro atoms. The lowest BCUT2D eigenvalue weighted by molar-refractivity contribution is 0.0725. The van der Waals surface area contributed by atoms with Gasteiger partial charge in [0.1, 0.15) is 11.3 Å². The number of hydrogen-bond donors (Lipinski definition) is 0. The first kappa shape index (κ1) is 19.4. The summed E-state index contributed by atoms with van der Waals surface area (Å²) in [6.45, 7) is 3.64. The first-order chi connectivity index (χ1) is 13.9. The number of amides is 1. The van der Waals surface area contributed by atoms with Crippen molar-refractivity contribution < 1.29 is 13.6 Å². The summed E-state index contributed by atoms with van der Waals surface area (Å²) in [7, 11) is 3.93. The molecule has 4 aromatic rings. The van der Waals surface area contributed by atoms with E-state index in [1.807, 2.05) is 50.2 Å². The SMILES string of the molecule is Cc1ccc2oc(=O)c3cc(C(=O)N(CCN(C)C)Cc4ccco4)sc3c2c1. The molecule has 0 aliphatic carbocycles. The van der Waals surface area contributed by atoms with Gasteiger partial charge in [-0.1, -0.05) is 11.6 Å². The lowest BCUT2D eigenvalue weighted by Gasteiger charge is -2.23. The van der Waals surface area contributed by atoms with Crippen molar-refractivity contribution in [3.05, 3.63) is 69.3 Å². The Balaban J connectivity index is 1.75. The molecule has 6 nitrogen and oxygen atoms in total. The molecule has 0 fully saturated rings. The van der Waals surface area contributed by atoms with Crippen LogP contribution < -0.4 is 5.63 Å². The number of fused-ring (bicyclic) bond motifs is 3. The summed E-state index contributed by atoms with van der Waals surface area (Å²) in [4.78, 5) is 30.1. The predicted octanol–water partition coefficient (Wildman–Crippen LogP) is 4.11. The van der Waals surface area contributed by atoms with E-state index in [2.05, 4.69) is 0 Å². The van der Waals surface area contributed by atoms with Crippen LogP contribution >= 0.6 is 11.3 Å². The quantitative estimate of drug-likeness (QED) is 0.448. The van der Waals surface area contributed by atoms with Crippen molar-refractivity contribution in [3.8, 4) is 0 Å². The van der Waals surface area contributed by atoms with E-state index >= 15 is 0 Å². The lowest BCUT2D eigenvalue weighted by atomic mass is 10.1.